The third kappa shape index (κ3) is 4.83. The van der Waals surface area contributed by atoms with Gasteiger partial charge in [-0.25, -0.2) is 18.3 Å². The standard InChI is InChI=1S/C23H25F2N3O4/c1-23(2,3)32-22(29)27-10-11-30-16(13-27)14-31-21-17-6-4-5-7-19(17)28(26-21)20-9-8-15(24)12-18(20)25/h4-9,12,16H,10-11,13-14H2,1-3H3. The summed E-state index contributed by atoms with van der Waals surface area (Å²) in [7, 11) is 0. The van der Waals surface area contributed by atoms with Crippen LogP contribution < -0.4 is 4.74 Å². The van der Waals surface area contributed by atoms with E-state index in [1.165, 1.54) is 16.8 Å². The number of nitrogens with zero attached hydrogens (tertiary/aromatic N) is 3. The second kappa shape index (κ2) is 8.74. The Morgan fingerprint density at radius 1 is 1.22 bits per heavy atom. The van der Waals surface area contributed by atoms with Crippen LogP contribution in [0.25, 0.3) is 16.6 Å². The number of aromatic nitrogens is 2. The molecule has 1 atom stereocenters. The smallest absolute Gasteiger partial charge is 0.410 e. The first kappa shape index (κ1) is 22.0. The molecule has 2 aromatic carbocycles. The molecule has 1 saturated heterocycles. The van der Waals surface area contributed by atoms with Crippen molar-refractivity contribution >= 4 is 17.0 Å². The van der Waals surface area contributed by atoms with Gasteiger partial charge in [0.05, 0.1) is 24.1 Å². The number of para-hydroxylation sites is 1. The number of halogens is 2. The maximum Gasteiger partial charge on any atom is 0.410 e. The minimum absolute atomic E-state index is 0.113. The van der Waals surface area contributed by atoms with Gasteiger partial charge in [0.15, 0.2) is 5.82 Å². The molecule has 0 aliphatic carbocycles. The summed E-state index contributed by atoms with van der Waals surface area (Å²) in [5.41, 5.74) is 0.151. The molecule has 32 heavy (non-hydrogen) atoms. The van der Waals surface area contributed by atoms with Gasteiger partial charge in [0, 0.05) is 12.6 Å². The van der Waals surface area contributed by atoms with E-state index in [0.29, 0.717) is 36.5 Å². The topological polar surface area (TPSA) is 65.8 Å². The van der Waals surface area contributed by atoms with E-state index in [4.69, 9.17) is 14.2 Å². The highest BCUT2D eigenvalue weighted by Crippen LogP contribution is 2.29. The van der Waals surface area contributed by atoms with Crippen molar-refractivity contribution in [1.29, 1.82) is 0 Å². The summed E-state index contributed by atoms with van der Waals surface area (Å²) in [4.78, 5) is 13.9. The van der Waals surface area contributed by atoms with Gasteiger partial charge in [-0.15, -0.1) is 5.10 Å². The van der Waals surface area contributed by atoms with Crippen LogP contribution in [0.2, 0.25) is 0 Å². The molecular weight excluding hydrogens is 420 g/mol. The van der Waals surface area contributed by atoms with E-state index in [2.05, 4.69) is 5.10 Å². The molecule has 0 N–H and O–H groups in total. The molecule has 3 aromatic rings. The highest BCUT2D eigenvalue weighted by molar-refractivity contribution is 5.86. The van der Waals surface area contributed by atoms with E-state index in [0.717, 1.165) is 6.07 Å². The molecule has 7 nitrogen and oxygen atoms in total. The van der Waals surface area contributed by atoms with Crippen molar-refractivity contribution in [1.82, 2.24) is 14.7 Å². The van der Waals surface area contributed by atoms with Crippen LogP contribution in [-0.4, -0.2) is 58.8 Å². The van der Waals surface area contributed by atoms with Gasteiger partial charge in [0.2, 0.25) is 5.88 Å². The van der Waals surface area contributed by atoms with Crippen LogP contribution in [0.3, 0.4) is 0 Å². The monoisotopic (exact) mass is 445 g/mol. The van der Waals surface area contributed by atoms with Crippen molar-refractivity contribution in [3.8, 4) is 11.6 Å². The van der Waals surface area contributed by atoms with Gasteiger partial charge in [-0.3, -0.25) is 0 Å². The van der Waals surface area contributed by atoms with Crippen molar-refractivity contribution in [3.05, 3.63) is 54.1 Å². The third-order valence-corrected chi connectivity index (χ3v) is 4.89. The highest BCUT2D eigenvalue weighted by Gasteiger charge is 2.29. The molecule has 0 radical (unpaired) electrons. The second-order valence-corrected chi connectivity index (χ2v) is 8.56. The molecule has 1 unspecified atom stereocenters. The van der Waals surface area contributed by atoms with Crippen molar-refractivity contribution < 1.29 is 27.8 Å². The average Bonchev–Trinajstić information content (AvgIpc) is 3.10. The molecule has 1 aromatic heterocycles. The second-order valence-electron chi connectivity index (χ2n) is 8.56. The van der Waals surface area contributed by atoms with Crippen LogP contribution in [0, 0.1) is 11.6 Å². The number of morpholine rings is 1. The van der Waals surface area contributed by atoms with Crippen LogP contribution in [0.1, 0.15) is 20.8 Å². The molecule has 170 valence electrons. The zero-order valence-corrected chi connectivity index (χ0v) is 18.2. The summed E-state index contributed by atoms with van der Waals surface area (Å²) in [6, 6.07) is 10.5. The summed E-state index contributed by atoms with van der Waals surface area (Å²) < 4.78 is 46.2. The SMILES string of the molecule is CC(C)(C)OC(=O)N1CCOC(COc2nn(-c3ccc(F)cc3F)c3ccccc23)C1. The first-order valence-corrected chi connectivity index (χ1v) is 10.4. The van der Waals surface area contributed by atoms with Crippen LogP contribution >= 0.6 is 0 Å². The Hall–Kier alpha value is -3.20. The van der Waals surface area contributed by atoms with E-state index in [1.807, 2.05) is 32.9 Å². The molecule has 9 heteroatoms. The molecule has 0 bridgehead atoms. The predicted octanol–water partition coefficient (Wildman–Crippen LogP) is 4.32. The van der Waals surface area contributed by atoms with Crippen molar-refractivity contribution in [2.75, 3.05) is 26.3 Å². The number of rotatable bonds is 4. The van der Waals surface area contributed by atoms with Crippen LogP contribution in [0.15, 0.2) is 42.5 Å². The molecule has 0 saturated carbocycles. The van der Waals surface area contributed by atoms with Gasteiger partial charge in [-0.2, -0.15) is 0 Å². The Labute approximate surface area is 184 Å². The fourth-order valence-electron chi connectivity index (χ4n) is 3.47. The first-order valence-electron chi connectivity index (χ1n) is 10.4. The highest BCUT2D eigenvalue weighted by atomic mass is 19.1. The lowest BCUT2D eigenvalue weighted by molar-refractivity contribution is -0.0560. The van der Waals surface area contributed by atoms with E-state index < -0.39 is 23.3 Å². The number of hydrogen-bond donors (Lipinski definition) is 0. The molecule has 1 fully saturated rings. The lowest BCUT2D eigenvalue weighted by Crippen LogP contribution is -2.49. The maximum absolute atomic E-state index is 14.4. The van der Waals surface area contributed by atoms with Crippen molar-refractivity contribution in [2.45, 2.75) is 32.5 Å². The van der Waals surface area contributed by atoms with Gasteiger partial charge < -0.3 is 19.1 Å². The van der Waals surface area contributed by atoms with E-state index >= 15 is 0 Å². The molecular formula is C23H25F2N3O4. The number of amides is 1. The molecule has 2 heterocycles. The predicted molar refractivity (Wildman–Crippen MR) is 114 cm³/mol. The van der Waals surface area contributed by atoms with Crippen LogP contribution in [-0.2, 0) is 9.47 Å². The minimum Gasteiger partial charge on any atom is -0.473 e. The van der Waals surface area contributed by atoms with E-state index in [1.54, 1.807) is 17.0 Å². The Kier molecular flexibility index (Phi) is 6.01. The lowest BCUT2D eigenvalue weighted by atomic mass is 10.2. The summed E-state index contributed by atoms with van der Waals surface area (Å²) in [6.45, 7) is 6.72. The number of hydrogen-bond acceptors (Lipinski definition) is 5. The zero-order valence-electron chi connectivity index (χ0n) is 18.2. The summed E-state index contributed by atoms with van der Waals surface area (Å²) in [5.74, 6) is -1.10. The van der Waals surface area contributed by atoms with Gasteiger partial charge in [0.25, 0.3) is 0 Å². The largest absolute Gasteiger partial charge is 0.473 e. The van der Waals surface area contributed by atoms with Gasteiger partial charge in [-0.1, -0.05) is 12.1 Å². The molecule has 1 amide bonds. The number of carbonyl (C=O) groups excluding carboxylic acids is 1. The van der Waals surface area contributed by atoms with Gasteiger partial charge >= 0.3 is 6.09 Å². The third-order valence-electron chi connectivity index (χ3n) is 4.89. The first-order chi connectivity index (χ1) is 15.2. The van der Waals surface area contributed by atoms with E-state index in [-0.39, 0.29) is 18.4 Å². The number of ether oxygens (including phenoxy) is 3. The fourth-order valence-corrected chi connectivity index (χ4v) is 3.47. The summed E-state index contributed by atoms with van der Waals surface area (Å²) in [5, 5.41) is 5.09. The maximum atomic E-state index is 14.4. The molecule has 1 aliphatic rings. The molecule has 0 spiro atoms. The van der Waals surface area contributed by atoms with Gasteiger partial charge in [0.1, 0.15) is 29.8 Å². The average molecular weight is 445 g/mol. The normalized spacial score (nSPS) is 16.9. The van der Waals surface area contributed by atoms with E-state index in [9.17, 15) is 13.6 Å². The lowest BCUT2D eigenvalue weighted by Gasteiger charge is -2.33. The number of benzene rings is 2. The Balaban J connectivity index is 1.51. The fraction of sp³-hybridized carbons (Fsp3) is 0.391. The summed E-state index contributed by atoms with van der Waals surface area (Å²) >= 11 is 0. The number of fused-ring (bicyclic) bond motifs is 1. The van der Waals surface area contributed by atoms with Gasteiger partial charge in [-0.05, 0) is 45.0 Å². The van der Waals surface area contributed by atoms with Crippen LogP contribution in [0.5, 0.6) is 5.88 Å². The van der Waals surface area contributed by atoms with Crippen LogP contribution in [0.4, 0.5) is 13.6 Å². The number of carbonyl (C=O) groups is 1. The molecule has 1 aliphatic heterocycles. The van der Waals surface area contributed by atoms with Crippen molar-refractivity contribution in [3.63, 3.8) is 0 Å². The van der Waals surface area contributed by atoms with Crippen molar-refractivity contribution in [2.24, 2.45) is 0 Å². The molecule has 4 rings (SSSR count). The zero-order chi connectivity index (χ0) is 22.9. The Morgan fingerprint density at radius 3 is 2.75 bits per heavy atom. The summed E-state index contributed by atoms with van der Waals surface area (Å²) in [6.07, 6.45) is -0.768. The Bertz CT molecular complexity index is 1130. The Morgan fingerprint density at radius 2 is 2.00 bits per heavy atom. The minimum atomic E-state index is -0.728. The quantitative estimate of drug-likeness (QED) is 0.599.